The zero-order valence-electron chi connectivity index (χ0n) is 53.8. The number of nitrogens with zero attached hydrogens (tertiary/aromatic N) is 3. The number of benzene rings is 6. The van der Waals surface area contributed by atoms with Crippen LogP contribution in [-0.4, -0.2) is 56.7 Å². The summed E-state index contributed by atoms with van der Waals surface area (Å²) < 4.78 is 161. The molecule has 5 heterocycles. The molecule has 27 heteroatoms. The van der Waals surface area contributed by atoms with Crippen molar-refractivity contribution in [3.8, 4) is 11.8 Å². The highest BCUT2D eigenvalue weighted by atomic mass is 127. The second kappa shape index (κ2) is 41.9. The number of aromatic nitrogens is 5. The Hall–Kier alpha value is -9.59. The van der Waals surface area contributed by atoms with Gasteiger partial charge in [-0.1, -0.05) is 55.1 Å². The fourth-order valence-corrected chi connectivity index (χ4v) is 9.89. The number of aromatic amines is 2. The minimum Gasteiger partial charge on any atom is -0.499 e. The molecule has 1 unspecified atom stereocenters. The summed E-state index contributed by atoms with van der Waals surface area (Å²) in [4.78, 5) is 57.1. The largest absolute Gasteiger partial charge is 0.499 e. The van der Waals surface area contributed by atoms with Crippen LogP contribution in [0, 0.1) is 71.1 Å². The Morgan fingerprint density at radius 3 is 1.50 bits per heavy atom. The average Bonchev–Trinajstić information content (AvgIpc) is 0.864. The number of pyridine rings is 5. The number of carbonyl (C=O) groups is 1. The number of aldehydes is 1. The first-order valence-electron chi connectivity index (χ1n) is 29.6. The quantitative estimate of drug-likeness (QED) is 0.0387. The van der Waals surface area contributed by atoms with Gasteiger partial charge in [0.15, 0.2) is 6.29 Å². The van der Waals surface area contributed by atoms with Crippen molar-refractivity contribution in [3.05, 3.63) is 369 Å². The molecule has 6 aromatic carbocycles. The Morgan fingerprint density at radius 2 is 1.06 bits per heavy atom. The lowest BCUT2D eigenvalue weighted by atomic mass is 10.0. The summed E-state index contributed by atoms with van der Waals surface area (Å²) in [6, 6.07) is 35.5. The summed E-state index contributed by atoms with van der Waals surface area (Å²) in [6.07, 6.45) is 7.71. The summed E-state index contributed by atoms with van der Waals surface area (Å²) >= 11 is 7.07. The van der Waals surface area contributed by atoms with Crippen molar-refractivity contribution in [2.24, 2.45) is 0 Å². The van der Waals surface area contributed by atoms with E-state index in [1.54, 1.807) is 74.1 Å². The van der Waals surface area contributed by atoms with E-state index in [-0.39, 0.29) is 46.6 Å². The van der Waals surface area contributed by atoms with E-state index in [2.05, 4.69) is 42.4 Å². The van der Waals surface area contributed by atoms with E-state index >= 15 is 0 Å². The number of ether oxygens (including phenoxy) is 3. The molecule has 0 spiro atoms. The van der Waals surface area contributed by atoms with Gasteiger partial charge >= 0.3 is 0 Å². The number of H-pyrrole nitrogens is 2. The van der Waals surface area contributed by atoms with Gasteiger partial charge in [-0.2, -0.15) is 0 Å². The first kappa shape index (κ1) is 82.1. The molecule has 5 aromatic heterocycles. The lowest BCUT2D eigenvalue weighted by Crippen LogP contribution is -2.23. The molecule has 0 saturated heterocycles. The van der Waals surface area contributed by atoms with Crippen molar-refractivity contribution >= 4 is 67.4 Å². The molecule has 13 nitrogen and oxygen atoms in total. The van der Waals surface area contributed by atoms with E-state index in [0.717, 1.165) is 70.4 Å². The van der Waals surface area contributed by atoms with E-state index < -0.39 is 64.3 Å². The van der Waals surface area contributed by atoms with Gasteiger partial charge in [0.05, 0.1) is 45.8 Å². The summed E-state index contributed by atoms with van der Waals surface area (Å²) in [7, 11) is 3.06. The van der Waals surface area contributed by atoms with Gasteiger partial charge in [-0.25, -0.2) is 58.3 Å². The van der Waals surface area contributed by atoms with Gasteiger partial charge in [-0.05, 0) is 175 Å². The molecule has 0 fully saturated rings. The van der Waals surface area contributed by atoms with Gasteiger partial charge in [-0.15, -0.1) is 0 Å². The van der Waals surface area contributed by atoms with Crippen LogP contribution in [0.5, 0.6) is 11.8 Å². The van der Waals surface area contributed by atoms with Gasteiger partial charge in [-0.3, -0.25) is 19.2 Å². The van der Waals surface area contributed by atoms with Crippen LogP contribution < -0.4 is 26.2 Å². The Bertz CT molecular complexity index is 4710. The van der Waals surface area contributed by atoms with Crippen molar-refractivity contribution in [1.82, 2.24) is 24.5 Å². The number of halogens is 14. The number of rotatable bonds is 15. The summed E-state index contributed by atoms with van der Waals surface area (Å²) in [5, 5.41) is 9.98. The molecule has 101 heavy (non-hydrogen) atoms. The van der Waals surface area contributed by atoms with Crippen LogP contribution in [0.25, 0.3) is 0 Å². The fourth-order valence-electron chi connectivity index (χ4n) is 8.39. The Morgan fingerprint density at radius 1 is 0.564 bits per heavy atom. The topological polar surface area (TPSA) is 178 Å². The van der Waals surface area contributed by atoms with Crippen LogP contribution in [0.1, 0.15) is 80.4 Å². The molecule has 528 valence electrons. The molecular formula is C74H61BrF11I2N5O8. The second-order valence-corrected chi connectivity index (χ2v) is 24.1. The minimum atomic E-state index is -1.19. The lowest BCUT2D eigenvalue weighted by molar-refractivity contribution is 0.111. The number of aliphatic hydroxyl groups is 1. The molecular weight excluding hydrogens is 1630 g/mol. The van der Waals surface area contributed by atoms with Crippen LogP contribution >= 0.6 is 61.1 Å². The highest BCUT2D eigenvalue weighted by molar-refractivity contribution is 14.1. The van der Waals surface area contributed by atoms with Crippen molar-refractivity contribution in [2.45, 2.75) is 45.8 Å². The Balaban J connectivity index is 0.000000220. The SMILES string of the molecule is C=C(C)OCC.COc1ccc(Br)cn1.COc1ccc(C(O)c2ccc(F)cc2F)cn1.O=Cc1ccc(F)cc1F.O=c1[nH]cc(Cc2ccc(F)cc2F)cc1I.O=c1c(I)cc(Cc2ccc(F)cc2F)cn1Cc1ccccc1F.O=c1ccc(Cc2ccc(F)cc2F)c[nH]1. The number of hydrogen-bond acceptors (Lipinski definition) is 10. The molecule has 3 N–H and O–H groups in total. The molecule has 11 rings (SSSR count). The van der Waals surface area contributed by atoms with Gasteiger partial charge in [0.1, 0.15) is 70.1 Å². The number of methoxy groups -OCH3 is 2. The lowest BCUT2D eigenvalue weighted by Gasteiger charge is -2.12. The number of carbonyl (C=O) groups excluding carboxylic acids is 1. The minimum absolute atomic E-state index is 0.00312. The zero-order valence-corrected chi connectivity index (χ0v) is 59.7. The molecule has 0 amide bonds. The molecule has 0 bridgehead atoms. The number of allylic oxidation sites excluding steroid dienone is 1. The molecule has 11 aromatic rings. The van der Waals surface area contributed by atoms with Crippen LogP contribution in [0.2, 0.25) is 0 Å². The third kappa shape index (κ3) is 28.2. The summed E-state index contributed by atoms with van der Waals surface area (Å²) in [6.45, 7) is 8.11. The predicted molar refractivity (Wildman–Crippen MR) is 381 cm³/mol. The van der Waals surface area contributed by atoms with Crippen LogP contribution in [0.4, 0.5) is 48.3 Å². The van der Waals surface area contributed by atoms with Gasteiger partial charge < -0.3 is 33.9 Å². The monoisotopic (exact) mass is 1690 g/mol. The molecule has 1 atom stereocenters. The summed E-state index contributed by atoms with van der Waals surface area (Å²) in [5.74, 6) is -5.17. The third-order valence-electron chi connectivity index (χ3n) is 13.3. The van der Waals surface area contributed by atoms with Gasteiger partial charge in [0.2, 0.25) is 17.3 Å². The average molecular weight is 1690 g/mol. The van der Waals surface area contributed by atoms with Crippen molar-refractivity contribution < 1.29 is 72.4 Å². The fraction of sp³-hybridized carbons (Fsp3) is 0.135. The molecule has 0 aliphatic carbocycles. The van der Waals surface area contributed by atoms with Crippen molar-refractivity contribution in [2.75, 3.05) is 20.8 Å². The maximum atomic E-state index is 13.9. The van der Waals surface area contributed by atoms with Crippen LogP contribution in [-0.2, 0) is 30.5 Å². The second-order valence-electron chi connectivity index (χ2n) is 20.8. The van der Waals surface area contributed by atoms with E-state index in [0.29, 0.717) is 77.5 Å². The van der Waals surface area contributed by atoms with Crippen molar-refractivity contribution in [3.63, 3.8) is 0 Å². The first-order chi connectivity index (χ1) is 48.1. The van der Waals surface area contributed by atoms with Crippen LogP contribution in [0.15, 0.2) is 226 Å². The Kier molecular flexibility index (Phi) is 34.0. The summed E-state index contributed by atoms with van der Waals surface area (Å²) in [5.41, 5.74) is 3.41. The highest BCUT2D eigenvalue weighted by Crippen LogP contribution is 2.26. The molecule has 0 radical (unpaired) electrons. The predicted octanol–water partition coefficient (Wildman–Crippen LogP) is 17.2. The number of aliphatic hydroxyl groups excluding tert-OH is 1. The smallest absolute Gasteiger partial charge is 0.264 e. The molecule has 0 aliphatic rings. The molecule has 0 saturated carbocycles. The van der Waals surface area contributed by atoms with Crippen LogP contribution in [0.3, 0.4) is 0 Å². The maximum Gasteiger partial charge on any atom is 0.264 e. The standard InChI is InChI=1S/C19H13F3INO.C13H11F2NO2.C12H8F2INO.C12H9F2NO.C7H4F2O.C6H6BrNO.C5H10O/c20-15-6-5-13(17(22)9-15)7-12-8-18(23)19(25)24(10-12)11-14-3-1-2-4-16(14)21;1-18-12-5-2-8(7-16-12)13(17)10-4-3-9(14)6-11(10)15;13-9-2-1-8(10(14)5-9)3-7-4-11(15)12(17)16-6-7;13-10-3-2-9(11(14)6-10)5-8-1-4-12(16)15-7-8;8-6-2-1-5(4-10)7(9)3-6;1-9-6-3-2-5(7)4-8-6;1-4-6-5(2)3/h1-6,8-10H,7,11H2;2-7,13,17H,1H3;1-2,4-6H,3H2,(H,16,17);1-4,6-7H,5H2,(H,15,16);1-4H;2-4H,1H3;2,4H2,1,3H3. The number of hydrogen-bond donors (Lipinski definition) is 3. The number of nitrogens with one attached hydrogen (secondary N) is 2. The third-order valence-corrected chi connectivity index (χ3v) is 15.4. The van der Waals surface area contributed by atoms with E-state index in [1.165, 1.54) is 84.9 Å². The zero-order chi connectivity index (χ0) is 74.3. The maximum absolute atomic E-state index is 13.9. The van der Waals surface area contributed by atoms with E-state index in [1.807, 2.05) is 65.1 Å². The normalized spacial score (nSPS) is 10.5. The van der Waals surface area contributed by atoms with Gasteiger partial charge in [0.25, 0.3) is 11.1 Å². The van der Waals surface area contributed by atoms with E-state index in [4.69, 9.17) is 14.2 Å². The Labute approximate surface area is 607 Å². The van der Waals surface area contributed by atoms with Crippen molar-refractivity contribution in [1.29, 1.82) is 0 Å². The first-order valence-corrected chi connectivity index (χ1v) is 32.5. The molecule has 0 aliphatic heterocycles. The van der Waals surface area contributed by atoms with E-state index in [9.17, 15) is 72.6 Å². The van der Waals surface area contributed by atoms with Gasteiger partial charge in [0, 0.05) is 120 Å². The highest BCUT2D eigenvalue weighted by Gasteiger charge is 2.17.